The average Bonchev–Trinajstić information content (AvgIpc) is 2.97. The quantitative estimate of drug-likeness (QED) is 0.806. The van der Waals surface area contributed by atoms with Crippen molar-refractivity contribution in [3.05, 3.63) is 39.1 Å². The van der Waals surface area contributed by atoms with E-state index in [1.54, 1.807) is 11.3 Å². The number of aromatic nitrogens is 1. The molecule has 1 aromatic heterocycles. The fourth-order valence-corrected chi connectivity index (χ4v) is 3.77. The van der Waals surface area contributed by atoms with E-state index in [0.29, 0.717) is 6.04 Å². The maximum absolute atomic E-state index is 5.91. The van der Waals surface area contributed by atoms with E-state index in [9.17, 15) is 0 Å². The molecule has 0 amide bonds. The summed E-state index contributed by atoms with van der Waals surface area (Å²) in [7, 11) is 0. The van der Waals surface area contributed by atoms with E-state index in [1.165, 1.54) is 0 Å². The zero-order valence-corrected chi connectivity index (χ0v) is 14.7. The molecule has 112 valence electrons. The molecule has 0 radical (unpaired) electrons. The number of benzene rings is 1. The van der Waals surface area contributed by atoms with E-state index >= 15 is 0 Å². The Morgan fingerprint density at radius 1 is 1.43 bits per heavy atom. The summed E-state index contributed by atoms with van der Waals surface area (Å²) in [5, 5.41) is 3.20. The first-order chi connectivity index (χ1) is 10.1. The third kappa shape index (κ3) is 3.54. The van der Waals surface area contributed by atoms with Crippen LogP contribution in [0.1, 0.15) is 25.0 Å². The first kappa shape index (κ1) is 15.2. The summed E-state index contributed by atoms with van der Waals surface area (Å²) in [5.74, 6) is 0. The highest BCUT2D eigenvalue weighted by Crippen LogP contribution is 2.30. The van der Waals surface area contributed by atoms with Gasteiger partial charge in [0, 0.05) is 34.5 Å². The van der Waals surface area contributed by atoms with Gasteiger partial charge in [-0.25, -0.2) is 4.98 Å². The molecule has 2 heterocycles. The van der Waals surface area contributed by atoms with Gasteiger partial charge in [0.25, 0.3) is 0 Å². The number of nitrogens with zero attached hydrogens (tertiary/aromatic N) is 2. The van der Waals surface area contributed by atoms with Crippen molar-refractivity contribution in [3.8, 4) is 11.3 Å². The molecule has 1 saturated heterocycles. The molecule has 0 aliphatic carbocycles. The summed E-state index contributed by atoms with van der Waals surface area (Å²) in [6.45, 7) is 7.20. The third-order valence-corrected chi connectivity index (χ3v) is 5.18. The van der Waals surface area contributed by atoms with E-state index in [4.69, 9.17) is 9.72 Å². The summed E-state index contributed by atoms with van der Waals surface area (Å²) in [6.07, 6.45) is 0.104. The Morgan fingerprint density at radius 3 is 3.05 bits per heavy atom. The Labute approximate surface area is 138 Å². The van der Waals surface area contributed by atoms with Gasteiger partial charge in [0.2, 0.25) is 0 Å². The molecule has 1 aromatic carbocycles. The normalized spacial score (nSPS) is 20.1. The van der Waals surface area contributed by atoms with Crippen LogP contribution >= 0.6 is 27.3 Å². The maximum atomic E-state index is 5.91. The van der Waals surface area contributed by atoms with Crippen LogP contribution in [0.25, 0.3) is 11.3 Å². The number of hydrogen-bond donors (Lipinski definition) is 0. The minimum absolute atomic E-state index is 0.104. The molecule has 1 unspecified atom stereocenters. The molecule has 0 bridgehead atoms. The van der Waals surface area contributed by atoms with Gasteiger partial charge in [0.1, 0.15) is 11.1 Å². The fraction of sp³-hybridized carbons (Fsp3) is 0.438. The Balaban J connectivity index is 1.78. The Morgan fingerprint density at radius 2 is 2.29 bits per heavy atom. The number of hydrogen-bond acceptors (Lipinski definition) is 4. The molecule has 0 spiro atoms. The van der Waals surface area contributed by atoms with Crippen molar-refractivity contribution >= 4 is 27.3 Å². The Kier molecular flexibility index (Phi) is 4.74. The van der Waals surface area contributed by atoms with Crippen LogP contribution in [0.15, 0.2) is 34.1 Å². The molecule has 1 atom stereocenters. The molecule has 1 fully saturated rings. The van der Waals surface area contributed by atoms with Crippen LogP contribution in [-0.2, 0) is 4.74 Å². The van der Waals surface area contributed by atoms with Crippen LogP contribution in [0.5, 0.6) is 0 Å². The van der Waals surface area contributed by atoms with Crippen LogP contribution in [0, 0.1) is 0 Å². The first-order valence-corrected chi connectivity index (χ1v) is 8.88. The lowest BCUT2D eigenvalue weighted by Gasteiger charge is -2.34. The smallest absolute Gasteiger partial charge is 0.124 e. The third-order valence-electron chi connectivity index (χ3n) is 3.75. The molecular weight excluding hydrogens is 348 g/mol. The second-order valence-electron chi connectivity index (χ2n) is 5.53. The predicted molar refractivity (Wildman–Crippen MR) is 90.7 cm³/mol. The maximum Gasteiger partial charge on any atom is 0.124 e. The van der Waals surface area contributed by atoms with Crippen molar-refractivity contribution in [2.75, 3.05) is 19.7 Å². The van der Waals surface area contributed by atoms with Gasteiger partial charge in [-0.2, -0.15) is 0 Å². The van der Waals surface area contributed by atoms with Gasteiger partial charge in [-0.1, -0.05) is 28.1 Å². The summed E-state index contributed by atoms with van der Waals surface area (Å²) in [6, 6.07) is 8.81. The Hall–Kier alpha value is -0.750. The molecule has 2 aromatic rings. The monoisotopic (exact) mass is 366 g/mol. The van der Waals surface area contributed by atoms with Crippen molar-refractivity contribution in [3.63, 3.8) is 0 Å². The van der Waals surface area contributed by atoms with Crippen molar-refractivity contribution in [2.24, 2.45) is 0 Å². The summed E-state index contributed by atoms with van der Waals surface area (Å²) in [5.41, 5.74) is 2.17. The summed E-state index contributed by atoms with van der Waals surface area (Å²) < 4.78 is 6.99. The molecule has 0 saturated carbocycles. The van der Waals surface area contributed by atoms with Crippen molar-refractivity contribution in [2.45, 2.75) is 26.0 Å². The van der Waals surface area contributed by atoms with Gasteiger partial charge in [-0.3, -0.25) is 4.90 Å². The van der Waals surface area contributed by atoms with Gasteiger partial charge in [-0.05, 0) is 26.0 Å². The van der Waals surface area contributed by atoms with E-state index in [0.717, 1.165) is 40.4 Å². The molecule has 3 rings (SSSR count). The highest BCUT2D eigenvalue weighted by atomic mass is 79.9. The number of thiazole rings is 1. The molecular formula is C16H19BrN2OS. The van der Waals surface area contributed by atoms with Crippen LogP contribution in [0.3, 0.4) is 0 Å². The van der Waals surface area contributed by atoms with Gasteiger partial charge in [0.05, 0.1) is 12.3 Å². The minimum atomic E-state index is 0.104. The van der Waals surface area contributed by atoms with Crippen molar-refractivity contribution in [1.82, 2.24) is 9.88 Å². The molecule has 21 heavy (non-hydrogen) atoms. The SMILES string of the molecule is CC(C)N1CCOC(c2nc(-c3cccc(Br)c3)cs2)C1. The van der Waals surface area contributed by atoms with E-state index in [1.807, 2.05) is 12.1 Å². The van der Waals surface area contributed by atoms with E-state index in [2.05, 4.69) is 52.2 Å². The number of rotatable bonds is 3. The number of ether oxygens (including phenoxy) is 1. The lowest BCUT2D eigenvalue weighted by Crippen LogP contribution is -2.42. The lowest BCUT2D eigenvalue weighted by atomic mass is 10.2. The van der Waals surface area contributed by atoms with Crippen molar-refractivity contribution in [1.29, 1.82) is 0 Å². The second-order valence-corrected chi connectivity index (χ2v) is 7.33. The fourth-order valence-electron chi connectivity index (χ4n) is 2.50. The van der Waals surface area contributed by atoms with Gasteiger partial charge in [-0.15, -0.1) is 11.3 Å². The highest BCUT2D eigenvalue weighted by Gasteiger charge is 2.25. The van der Waals surface area contributed by atoms with E-state index < -0.39 is 0 Å². The zero-order chi connectivity index (χ0) is 14.8. The van der Waals surface area contributed by atoms with Crippen LogP contribution in [-0.4, -0.2) is 35.6 Å². The molecule has 1 aliphatic heterocycles. The molecule has 3 nitrogen and oxygen atoms in total. The lowest BCUT2D eigenvalue weighted by molar-refractivity contribution is -0.0402. The first-order valence-electron chi connectivity index (χ1n) is 7.20. The van der Waals surface area contributed by atoms with Gasteiger partial charge in [0.15, 0.2) is 0 Å². The molecule has 5 heteroatoms. The number of halogens is 1. The average molecular weight is 367 g/mol. The Bertz CT molecular complexity index is 614. The van der Waals surface area contributed by atoms with E-state index in [-0.39, 0.29) is 6.10 Å². The van der Waals surface area contributed by atoms with Crippen LogP contribution in [0.4, 0.5) is 0 Å². The zero-order valence-electron chi connectivity index (χ0n) is 12.3. The largest absolute Gasteiger partial charge is 0.368 e. The number of morpholine rings is 1. The molecule has 0 N–H and O–H groups in total. The summed E-state index contributed by atoms with van der Waals surface area (Å²) >= 11 is 5.20. The second kappa shape index (κ2) is 6.57. The predicted octanol–water partition coefficient (Wildman–Crippen LogP) is 4.35. The topological polar surface area (TPSA) is 25.4 Å². The standard InChI is InChI=1S/C16H19BrN2OS/c1-11(2)19-6-7-20-15(9-19)16-18-14(10-21-16)12-4-3-5-13(17)8-12/h3-5,8,10-11,15H,6-7,9H2,1-2H3. The summed E-state index contributed by atoms with van der Waals surface area (Å²) in [4.78, 5) is 7.24. The van der Waals surface area contributed by atoms with Gasteiger partial charge >= 0.3 is 0 Å². The molecule has 1 aliphatic rings. The van der Waals surface area contributed by atoms with Crippen LogP contribution < -0.4 is 0 Å². The minimum Gasteiger partial charge on any atom is -0.368 e. The van der Waals surface area contributed by atoms with Crippen molar-refractivity contribution < 1.29 is 4.74 Å². The highest BCUT2D eigenvalue weighted by molar-refractivity contribution is 9.10. The van der Waals surface area contributed by atoms with Crippen LogP contribution in [0.2, 0.25) is 0 Å². The van der Waals surface area contributed by atoms with Gasteiger partial charge < -0.3 is 4.74 Å².